The van der Waals surface area contributed by atoms with Crippen LogP contribution in [0.2, 0.25) is 5.02 Å². The lowest BCUT2D eigenvalue weighted by molar-refractivity contribution is 0.152. The Balaban J connectivity index is 1.56. The van der Waals surface area contributed by atoms with Gasteiger partial charge in [-0.2, -0.15) is 0 Å². The first-order valence-corrected chi connectivity index (χ1v) is 9.26. The Morgan fingerprint density at radius 2 is 1.56 bits per heavy atom. The van der Waals surface area contributed by atoms with E-state index in [1.54, 1.807) is 30.3 Å². The minimum atomic E-state index is -0.769. The van der Waals surface area contributed by atoms with Gasteiger partial charge >= 0.3 is 6.16 Å². The summed E-state index contributed by atoms with van der Waals surface area (Å²) in [4.78, 5) is 12.0. The zero-order valence-electron chi connectivity index (χ0n) is 15.4. The number of hydrogen-bond donors (Lipinski definition) is 1. The number of fused-ring (bicyclic) bond motifs is 1. The average Bonchev–Trinajstić information content (AvgIpc) is 2.63. The molecule has 0 radical (unpaired) electrons. The summed E-state index contributed by atoms with van der Waals surface area (Å²) >= 11 is 5.98. The Labute approximate surface area is 164 Å². The summed E-state index contributed by atoms with van der Waals surface area (Å²) in [6.07, 6.45) is -0.769. The fourth-order valence-electron chi connectivity index (χ4n) is 2.65. The standard InChI is InChI=1S/C22H22ClNO3/c1-15(2)13-24-14-16-3-8-20(9-4-16)26-22(25)27-21-10-6-17-11-19(23)7-5-18(17)12-21/h3-12,15,24H,13-14H2,1-2H3. The van der Waals surface area contributed by atoms with E-state index in [1.807, 2.05) is 30.3 Å². The summed E-state index contributed by atoms with van der Waals surface area (Å²) in [5.74, 6) is 1.47. The summed E-state index contributed by atoms with van der Waals surface area (Å²) in [7, 11) is 0. The van der Waals surface area contributed by atoms with E-state index in [4.69, 9.17) is 21.1 Å². The van der Waals surface area contributed by atoms with Gasteiger partial charge in [0.1, 0.15) is 11.5 Å². The quantitative estimate of drug-likeness (QED) is 0.430. The molecule has 0 atom stereocenters. The maximum Gasteiger partial charge on any atom is 0.519 e. The van der Waals surface area contributed by atoms with E-state index in [0.29, 0.717) is 22.4 Å². The molecule has 3 aromatic carbocycles. The Morgan fingerprint density at radius 1 is 0.926 bits per heavy atom. The molecule has 0 aliphatic heterocycles. The van der Waals surface area contributed by atoms with E-state index in [0.717, 1.165) is 29.4 Å². The third kappa shape index (κ3) is 5.71. The lowest BCUT2D eigenvalue weighted by Gasteiger charge is -2.09. The second-order valence-corrected chi connectivity index (χ2v) is 7.21. The van der Waals surface area contributed by atoms with Crippen molar-refractivity contribution < 1.29 is 14.3 Å². The molecule has 0 unspecified atom stereocenters. The third-order valence-corrected chi connectivity index (χ3v) is 4.22. The van der Waals surface area contributed by atoms with Crippen molar-refractivity contribution in [1.29, 1.82) is 0 Å². The molecule has 0 spiro atoms. The molecule has 0 aromatic heterocycles. The van der Waals surface area contributed by atoms with Crippen LogP contribution >= 0.6 is 11.6 Å². The fourth-order valence-corrected chi connectivity index (χ4v) is 2.83. The first-order valence-electron chi connectivity index (χ1n) is 8.88. The summed E-state index contributed by atoms with van der Waals surface area (Å²) in [5, 5.41) is 5.95. The van der Waals surface area contributed by atoms with Crippen molar-refractivity contribution in [2.24, 2.45) is 5.92 Å². The Hall–Kier alpha value is -2.56. The molecule has 27 heavy (non-hydrogen) atoms. The van der Waals surface area contributed by atoms with E-state index in [-0.39, 0.29) is 0 Å². The molecule has 0 aliphatic rings. The lowest BCUT2D eigenvalue weighted by Crippen LogP contribution is -2.19. The van der Waals surface area contributed by atoms with Gasteiger partial charge in [0.05, 0.1) is 0 Å². The van der Waals surface area contributed by atoms with Gasteiger partial charge in [-0.3, -0.25) is 0 Å². The van der Waals surface area contributed by atoms with Crippen molar-refractivity contribution in [3.05, 3.63) is 71.2 Å². The molecule has 3 aromatic rings. The smallest absolute Gasteiger partial charge is 0.395 e. The molecular weight excluding hydrogens is 362 g/mol. The first-order chi connectivity index (χ1) is 13.0. The van der Waals surface area contributed by atoms with Gasteiger partial charge in [0, 0.05) is 11.6 Å². The SMILES string of the molecule is CC(C)CNCc1ccc(OC(=O)Oc2ccc3cc(Cl)ccc3c2)cc1. The molecule has 0 amide bonds. The van der Waals surface area contributed by atoms with E-state index >= 15 is 0 Å². The molecule has 0 saturated carbocycles. The topological polar surface area (TPSA) is 47.6 Å². The third-order valence-electron chi connectivity index (χ3n) is 3.98. The largest absolute Gasteiger partial charge is 0.519 e. The Kier molecular flexibility index (Phi) is 6.32. The highest BCUT2D eigenvalue weighted by molar-refractivity contribution is 6.31. The number of ether oxygens (including phenoxy) is 2. The molecule has 0 saturated heterocycles. The number of nitrogens with one attached hydrogen (secondary N) is 1. The van der Waals surface area contributed by atoms with E-state index in [9.17, 15) is 4.79 Å². The van der Waals surface area contributed by atoms with Gasteiger partial charge in [0.2, 0.25) is 0 Å². The predicted molar refractivity (Wildman–Crippen MR) is 109 cm³/mol. The normalized spacial score (nSPS) is 11.0. The van der Waals surface area contributed by atoms with Crippen LogP contribution in [-0.2, 0) is 6.54 Å². The molecule has 0 heterocycles. The van der Waals surface area contributed by atoms with Crippen molar-refractivity contribution in [2.75, 3.05) is 6.54 Å². The zero-order valence-corrected chi connectivity index (χ0v) is 16.1. The highest BCUT2D eigenvalue weighted by Crippen LogP contribution is 2.24. The fraction of sp³-hybridized carbons (Fsp3) is 0.227. The van der Waals surface area contributed by atoms with Gasteiger partial charge in [-0.1, -0.05) is 49.7 Å². The van der Waals surface area contributed by atoms with Crippen LogP contribution in [0.15, 0.2) is 60.7 Å². The molecule has 0 bridgehead atoms. The maximum atomic E-state index is 12.0. The zero-order chi connectivity index (χ0) is 19.2. The van der Waals surface area contributed by atoms with Gasteiger partial charge in [0.25, 0.3) is 0 Å². The van der Waals surface area contributed by atoms with Crippen LogP contribution in [0.5, 0.6) is 11.5 Å². The summed E-state index contributed by atoms with van der Waals surface area (Å²) < 4.78 is 10.5. The van der Waals surface area contributed by atoms with Gasteiger partial charge in [-0.15, -0.1) is 0 Å². The molecule has 0 aliphatic carbocycles. The van der Waals surface area contributed by atoms with Crippen LogP contribution in [0, 0.1) is 5.92 Å². The van der Waals surface area contributed by atoms with E-state index in [2.05, 4.69) is 19.2 Å². The Bertz CT molecular complexity index is 922. The first kappa shape index (κ1) is 19.2. The minimum Gasteiger partial charge on any atom is -0.395 e. The molecule has 140 valence electrons. The van der Waals surface area contributed by atoms with Crippen LogP contribution in [0.1, 0.15) is 19.4 Å². The predicted octanol–water partition coefficient (Wildman–Crippen LogP) is 5.82. The summed E-state index contributed by atoms with van der Waals surface area (Å²) in [6.45, 7) is 6.08. The van der Waals surface area contributed by atoms with Crippen molar-refractivity contribution in [3.8, 4) is 11.5 Å². The summed E-state index contributed by atoms with van der Waals surface area (Å²) in [5.41, 5.74) is 1.13. The molecule has 3 rings (SSSR count). The van der Waals surface area contributed by atoms with Crippen molar-refractivity contribution in [1.82, 2.24) is 5.32 Å². The highest BCUT2D eigenvalue weighted by Gasteiger charge is 2.09. The van der Waals surface area contributed by atoms with E-state index < -0.39 is 6.16 Å². The number of carbonyl (C=O) groups is 1. The van der Waals surface area contributed by atoms with Gasteiger partial charge in [-0.25, -0.2) is 4.79 Å². The Morgan fingerprint density at radius 3 is 2.30 bits per heavy atom. The monoisotopic (exact) mass is 383 g/mol. The van der Waals surface area contributed by atoms with Crippen LogP contribution in [-0.4, -0.2) is 12.7 Å². The van der Waals surface area contributed by atoms with Gasteiger partial charge in [0.15, 0.2) is 0 Å². The van der Waals surface area contributed by atoms with Gasteiger partial charge < -0.3 is 14.8 Å². The second-order valence-electron chi connectivity index (χ2n) is 6.78. The average molecular weight is 384 g/mol. The van der Waals surface area contributed by atoms with Gasteiger partial charge in [-0.05, 0) is 65.2 Å². The molecule has 1 N–H and O–H groups in total. The van der Waals surface area contributed by atoms with Crippen molar-refractivity contribution in [2.45, 2.75) is 20.4 Å². The number of hydrogen-bond acceptors (Lipinski definition) is 4. The minimum absolute atomic E-state index is 0.421. The van der Waals surface area contributed by atoms with Crippen LogP contribution in [0.25, 0.3) is 10.8 Å². The van der Waals surface area contributed by atoms with Crippen LogP contribution < -0.4 is 14.8 Å². The number of benzene rings is 3. The molecule has 0 fully saturated rings. The number of halogens is 1. The highest BCUT2D eigenvalue weighted by atomic mass is 35.5. The van der Waals surface area contributed by atoms with Crippen molar-refractivity contribution in [3.63, 3.8) is 0 Å². The molecule has 4 nitrogen and oxygen atoms in total. The number of rotatable bonds is 6. The second kappa shape index (κ2) is 8.89. The molecule has 5 heteroatoms. The maximum absolute atomic E-state index is 12.0. The van der Waals surface area contributed by atoms with Crippen molar-refractivity contribution >= 4 is 28.5 Å². The number of carbonyl (C=O) groups excluding carboxylic acids is 1. The molecular formula is C22H22ClNO3. The van der Waals surface area contributed by atoms with Crippen LogP contribution in [0.3, 0.4) is 0 Å². The lowest BCUT2D eigenvalue weighted by atomic mass is 10.1. The summed E-state index contributed by atoms with van der Waals surface area (Å²) in [6, 6.07) is 18.2. The van der Waals surface area contributed by atoms with E-state index in [1.165, 1.54) is 0 Å². The van der Waals surface area contributed by atoms with Crippen LogP contribution in [0.4, 0.5) is 4.79 Å².